The average molecular weight is 110 g/mol. The molecule has 0 spiro atoms. The fourth-order valence-electron chi connectivity index (χ4n) is 0.320. The Morgan fingerprint density at radius 3 is 2.75 bits per heavy atom. The summed E-state index contributed by atoms with van der Waals surface area (Å²) in [5, 5.41) is 9.23. The van der Waals surface area contributed by atoms with E-state index in [0.29, 0.717) is 0 Å². The molecular weight excluding hydrogens is 108 g/mol. The molecule has 1 heterocycles. The lowest BCUT2D eigenvalue weighted by Crippen LogP contribution is -2.06. The van der Waals surface area contributed by atoms with Gasteiger partial charge in [-0.05, 0) is 0 Å². The zero-order valence-corrected chi connectivity index (χ0v) is 3.83. The largest absolute Gasteiger partial charge is 0.284 e. The first-order valence-electron chi connectivity index (χ1n) is 1.87. The third kappa shape index (κ3) is 0.534. The molecule has 0 aliphatic carbocycles. The molecule has 0 bridgehead atoms. The van der Waals surface area contributed by atoms with Gasteiger partial charge in [0.05, 0.1) is 0 Å². The number of Topliss-reactive ketones (excluding diaryl/α,β-unsaturated/α-hetero) is 1. The van der Waals surface area contributed by atoms with E-state index in [1.54, 1.807) is 0 Å². The quantitative estimate of drug-likeness (QED) is 0.437. The van der Waals surface area contributed by atoms with E-state index in [9.17, 15) is 4.79 Å². The van der Waals surface area contributed by atoms with E-state index in [1.165, 1.54) is 0 Å². The Bertz CT molecular complexity index is 191. The molecule has 0 fully saturated rings. The van der Waals surface area contributed by atoms with Gasteiger partial charge < -0.3 is 0 Å². The van der Waals surface area contributed by atoms with E-state index in [-0.39, 0.29) is 5.84 Å². The molecule has 1 rings (SSSR count). The Hall–Kier alpha value is -1.39. The molecule has 40 valence electrons. The van der Waals surface area contributed by atoms with Crippen LogP contribution in [0, 0.1) is 5.53 Å². The third-order valence-electron chi connectivity index (χ3n) is 0.654. The maximum absolute atomic E-state index is 10.3. The van der Waals surface area contributed by atoms with Crippen LogP contribution in [0.5, 0.6) is 0 Å². The molecule has 1 aliphatic rings. The molecule has 0 aromatic heterocycles. The van der Waals surface area contributed by atoms with Crippen molar-refractivity contribution >= 4 is 17.8 Å². The summed E-state index contributed by atoms with van der Waals surface area (Å²) in [7, 11) is 0. The molecule has 5 nitrogen and oxygen atoms in total. The lowest BCUT2D eigenvalue weighted by atomic mass is 10.4. The van der Waals surface area contributed by atoms with Gasteiger partial charge >= 0.3 is 0 Å². The average Bonchev–Trinajstić information content (AvgIpc) is 2.14. The first kappa shape index (κ1) is 4.76. The fraction of sp³-hybridized carbons (Fsp3) is 0. The zero-order chi connectivity index (χ0) is 5.98. The second-order valence-electron chi connectivity index (χ2n) is 1.14. The number of carbonyl (C=O) groups is 1. The maximum Gasteiger partial charge on any atom is 0.246 e. The molecule has 0 amide bonds. The lowest BCUT2D eigenvalue weighted by Gasteiger charge is -1.75. The van der Waals surface area contributed by atoms with Crippen molar-refractivity contribution in [3.05, 3.63) is 0 Å². The van der Waals surface area contributed by atoms with Crippen molar-refractivity contribution in [2.45, 2.75) is 0 Å². The molecule has 1 aliphatic heterocycles. The number of carbonyl (C=O) groups excluding carboxylic acids is 1. The van der Waals surface area contributed by atoms with Crippen LogP contribution in [0.25, 0.3) is 0 Å². The van der Waals surface area contributed by atoms with Crippen molar-refractivity contribution in [2.75, 3.05) is 0 Å². The number of nitrogens with zero attached hydrogens (tertiary/aromatic N) is 3. The molecule has 0 saturated carbocycles. The molecule has 0 atom stereocenters. The zero-order valence-electron chi connectivity index (χ0n) is 3.83. The summed E-state index contributed by atoms with van der Waals surface area (Å²) >= 11 is 0. The van der Waals surface area contributed by atoms with Crippen molar-refractivity contribution in [3.8, 4) is 0 Å². The molecule has 8 heavy (non-hydrogen) atoms. The highest BCUT2D eigenvalue weighted by molar-refractivity contribution is 6.61. The summed E-state index contributed by atoms with van der Waals surface area (Å²) in [5.41, 5.74) is 6.32. The molecule has 5 heteroatoms. The van der Waals surface area contributed by atoms with Crippen LogP contribution in [0.3, 0.4) is 0 Å². The standard InChI is InChI=1S/C3H2N4O/c4-6-3-2(8)1-5-7-3/h1,4H. The van der Waals surface area contributed by atoms with Crippen LogP contribution in [0.2, 0.25) is 0 Å². The van der Waals surface area contributed by atoms with Gasteiger partial charge in [-0.25, -0.2) is 5.53 Å². The Morgan fingerprint density at radius 1 is 1.75 bits per heavy atom. The topological polar surface area (TPSA) is 78.0 Å². The number of ketones is 1. The second kappa shape index (κ2) is 1.61. The van der Waals surface area contributed by atoms with Crippen molar-refractivity contribution < 1.29 is 4.79 Å². The van der Waals surface area contributed by atoms with Crippen LogP contribution in [-0.4, -0.2) is 17.8 Å². The summed E-state index contributed by atoms with van der Waals surface area (Å²) < 4.78 is 0. The molecular formula is C3H2N4O. The van der Waals surface area contributed by atoms with Gasteiger partial charge in [0.25, 0.3) is 0 Å². The highest BCUT2D eigenvalue weighted by Crippen LogP contribution is 1.90. The number of amidine groups is 1. The van der Waals surface area contributed by atoms with E-state index in [1.807, 2.05) is 0 Å². The SMILES string of the molecule is N=NC1=NN=CC1=O. The van der Waals surface area contributed by atoms with Crippen molar-refractivity contribution in [2.24, 2.45) is 15.3 Å². The predicted octanol–water partition coefficient (Wildman–Crippen LogP) is -0.0156. The van der Waals surface area contributed by atoms with Gasteiger partial charge in [-0.3, -0.25) is 4.79 Å². The van der Waals surface area contributed by atoms with Crippen LogP contribution in [0.1, 0.15) is 0 Å². The van der Waals surface area contributed by atoms with Gasteiger partial charge in [0.15, 0.2) is 0 Å². The molecule has 0 aromatic carbocycles. The van der Waals surface area contributed by atoms with E-state index >= 15 is 0 Å². The molecule has 0 aromatic rings. The molecule has 0 saturated heterocycles. The molecule has 0 unspecified atom stereocenters. The van der Waals surface area contributed by atoms with Gasteiger partial charge in [-0.15, -0.1) is 10.2 Å². The first-order chi connectivity index (χ1) is 3.84. The van der Waals surface area contributed by atoms with Gasteiger partial charge in [0.1, 0.15) is 6.21 Å². The number of rotatable bonds is 0. The van der Waals surface area contributed by atoms with Crippen molar-refractivity contribution in [1.82, 2.24) is 0 Å². The minimum atomic E-state index is -0.403. The Labute approximate surface area is 44.6 Å². The summed E-state index contributed by atoms with van der Waals surface area (Å²) in [5.74, 6) is -0.551. The van der Waals surface area contributed by atoms with E-state index < -0.39 is 5.78 Å². The van der Waals surface area contributed by atoms with Gasteiger partial charge in [-0.1, -0.05) is 0 Å². The highest BCUT2D eigenvalue weighted by Gasteiger charge is 2.11. The van der Waals surface area contributed by atoms with Crippen molar-refractivity contribution in [3.63, 3.8) is 0 Å². The van der Waals surface area contributed by atoms with Gasteiger partial charge in [0, 0.05) is 0 Å². The smallest absolute Gasteiger partial charge is 0.246 e. The van der Waals surface area contributed by atoms with Crippen LogP contribution in [-0.2, 0) is 4.79 Å². The summed E-state index contributed by atoms with van der Waals surface area (Å²) in [4.78, 5) is 10.3. The lowest BCUT2D eigenvalue weighted by molar-refractivity contribution is -0.106. The van der Waals surface area contributed by atoms with Crippen LogP contribution in [0.15, 0.2) is 15.3 Å². The fourth-order valence-corrected chi connectivity index (χ4v) is 0.320. The second-order valence-corrected chi connectivity index (χ2v) is 1.14. The Kier molecular flexibility index (Phi) is 0.957. The monoisotopic (exact) mass is 110 g/mol. The summed E-state index contributed by atoms with van der Waals surface area (Å²) in [6, 6.07) is 0. The van der Waals surface area contributed by atoms with Crippen LogP contribution in [0.4, 0.5) is 0 Å². The summed E-state index contributed by atoms with van der Waals surface area (Å²) in [6.07, 6.45) is 1.02. The highest BCUT2D eigenvalue weighted by atomic mass is 16.1. The van der Waals surface area contributed by atoms with E-state index in [2.05, 4.69) is 15.3 Å². The van der Waals surface area contributed by atoms with Crippen molar-refractivity contribution in [1.29, 1.82) is 5.53 Å². The number of nitrogens with one attached hydrogen (secondary N) is 1. The van der Waals surface area contributed by atoms with Gasteiger partial charge in [-0.2, -0.15) is 5.10 Å². The van der Waals surface area contributed by atoms with Crippen LogP contribution >= 0.6 is 0 Å². The number of hydrogen-bond donors (Lipinski definition) is 1. The third-order valence-corrected chi connectivity index (χ3v) is 0.654. The summed E-state index contributed by atoms with van der Waals surface area (Å²) in [6.45, 7) is 0. The molecule has 0 radical (unpaired) electrons. The Balaban J connectivity index is 2.88. The van der Waals surface area contributed by atoms with Crippen LogP contribution < -0.4 is 0 Å². The first-order valence-corrected chi connectivity index (χ1v) is 1.87. The minimum absolute atomic E-state index is 0.148. The normalized spacial score (nSPS) is 16.5. The minimum Gasteiger partial charge on any atom is -0.284 e. The van der Waals surface area contributed by atoms with E-state index in [0.717, 1.165) is 6.21 Å². The Morgan fingerprint density at radius 2 is 2.50 bits per heavy atom. The maximum atomic E-state index is 10.3. The number of hydrogen-bond acceptors (Lipinski definition) is 5. The van der Waals surface area contributed by atoms with E-state index in [4.69, 9.17) is 5.53 Å². The molecule has 1 N–H and O–H groups in total. The predicted molar refractivity (Wildman–Crippen MR) is 26.1 cm³/mol. The van der Waals surface area contributed by atoms with Gasteiger partial charge in [0.2, 0.25) is 11.6 Å².